The van der Waals surface area contributed by atoms with Gasteiger partial charge in [-0.15, -0.1) is 11.8 Å². The molecular formula is C20H21NO3S. The lowest BCUT2D eigenvalue weighted by atomic mass is 10.0. The van der Waals surface area contributed by atoms with Crippen LogP contribution in [0.4, 0.5) is 0 Å². The van der Waals surface area contributed by atoms with Crippen molar-refractivity contribution in [2.24, 2.45) is 0 Å². The Kier molecular flexibility index (Phi) is 5.43. The molecule has 1 fully saturated rings. The predicted molar refractivity (Wildman–Crippen MR) is 99.0 cm³/mol. The van der Waals surface area contributed by atoms with Crippen LogP contribution < -0.4 is 5.32 Å². The van der Waals surface area contributed by atoms with Gasteiger partial charge in [-0.25, -0.2) is 4.79 Å². The highest BCUT2D eigenvalue weighted by Crippen LogP contribution is 2.51. The van der Waals surface area contributed by atoms with E-state index in [1.807, 2.05) is 30.0 Å². The molecule has 2 aromatic carbocycles. The van der Waals surface area contributed by atoms with E-state index in [4.69, 9.17) is 0 Å². The topological polar surface area (TPSA) is 66.4 Å². The number of thioether (sulfide) groups is 1. The fraction of sp³-hybridized carbons (Fsp3) is 0.300. The van der Waals surface area contributed by atoms with Crippen molar-refractivity contribution in [1.29, 1.82) is 0 Å². The Labute approximate surface area is 151 Å². The van der Waals surface area contributed by atoms with Crippen molar-refractivity contribution in [3.63, 3.8) is 0 Å². The summed E-state index contributed by atoms with van der Waals surface area (Å²) in [5.74, 6) is -0.979. The predicted octanol–water partition coefficient (Wildman–Crippen LogP) is 3.76. The number of amides is 1. The molecule has 1 amide bonds. The standard InChI is InChI=1S/C20H21NO3S/c22-18(11-10-15-6-4-5-9-17(15)19(23)24)21-14-20(12-13-20)25-16-7-2-1-3-8-16/h1-9H,10-14H2,(H,21,22)(H,23,24). The Morgan fingerprint density at radius 2 is 1.72 bits per heavy atom. The minimum Gasteiger partial charge on any atom is -0.478 e. The molecule has 130 valence electrons. The van der Waals surface area contributed by atoms with Gasteiger partial charge in [0.25, 0.3) is 0 Å². The maximum atomic E-state index is 12.2. The van der Waals surface area contributed by atoms with Crippen LogP contribution in [0.15, 0.2) is 59.5 Å². The second kappa shape index (κ2) is 7.74. The zero-order valence-corrected chi connectivity index (χ0v) is 14.7. The number of nitrogens with one attached hydrogen (secondary N) is 1. The van der Waals surface area contributed by atoms with E-state index >= 15 is 0 Å². The third kappa shape index (κ3) is 4.86. The molecule has 0 aliphatic heterocycles. The summed E-state index contributed by atoms with van der Waals surface area (Å²) in [6, 6.07) is 17.1. The van der Waals surface area contributed by atoms with Gasteiger partial charge >= 0.3 is 5.97 Å². The average Bonchev–Trinajstić information content (AvgIpc) is 3.39. The SMILES string of the molecule is O=C(CCc1ccccc1C(=O)O)NCC1(Sc2ccccc2)CC1. The van der Waals surface area contributed by atoms with Crippen LogP contribution in [0.2, 0.25) is 0 Å². The molecule has 0 radical (unpaired) electrons. The smallest absolute Gasteiger partial charge is 0.335 e. The number of aromatic carboxylic acids is 1. The van der Waals surface area contributed by atoms with Crippen LogP contribution >= 0.6 is 11.8 Å². The lowest BCUT2D eigenvalue weighted by molar-refractivity contribution is -0.121. The number of aryl methyl sites for hydroxylation is 1. The number of benzene rings is 2. The van der Waals surface area contributed by atoms with Crippen LogP contribution in [-0.2, 0) is 11.2 Å². The zero-order chi connectivity index (χ0) is 17.7. The second-order valence-corrected chi connectivity index (χ2v) is 7.88. The van der Waals surface area contributed by atoms with E-state index in [9.17, 15) is 14.7 Å². The average molecular weight is 355 g/mol. The summed E-state index contributed by atoms with van der Waals surface area (Å²) < 4.78 is 0.121. The van der Waals surface area contributed by atoms with Crippen molar-refractivity contribution in [3.8, 4) is 0 Å². The van der Waals surface area contributed by atoms with E-state index in [-0.39, 0.29) is 16.2 Å². The summed E-state index contributed by atoms with van der Waals surface area (Å²) in [6.45, 7) is 0.659. The molecule has 0 spiro atoms. The lowest BCUT2D eigenvalue weighted by Crippen LogP contribution is -2.32. The Hall–Kier alpha value is -2.27. The van der Waals surface area contributed by atoms with Crippen LogP contribution in [0.3, 0.4) is 0 Å². The van der Waals surface area contributed by atoms with Crippen molar-refractivity contribution in [2.75, 3.05) is 6.54 Å². The van der Waals surface area contributed by atoms with E-state index in [2.05, 4.69) is 17.4 Å². The number of carbonyl (C=O) groups is 2. The second-order valence-electron chi connectivity index (χ2n) is 6.34. The summed E-state index contributed by atoms with van der Waals surface area (Å²) in [4.78, 5) is 24.6. The molecule has 1 saturated carbocycles. The number of rotatable bonds is 8. The Bertz CT molecular complexity index is 757. The summed E-state index contributed by atoms with van der Waals surface area (Å²) in [7, 11) is 0. The molecule has 1 aliphatic carbocycles. The van der Waals surface area contributed by atoms with Gasteiger partial charge in [0.2, 0.25) is 5.91 Å². The van der Waals surface area contributed by atoms with Crippen LogP contribution in [0.25, 0.3) is 0 Å². The molecule has 0 bridgehead atoms. The number of hydrogen-bond donors (Lipinski definition) is 2. The summed E-state index contributed by atoms with van der Waals surface area (Å²) in [6.07, 6.45) is 2.95. The zero-order valence-electron chi connectivity index (χ0n) is 13.9. The first-order valence-electron chi connectivity index (χ1n) is 8.40. The van der Waals surface area contributed by atoms with Gasteiger partial charge in [-0.05, 0) is 43.0 Å². The van der Waals surface area contributed by atoms with Gasteiger partial charge in [0.1, 0.15) is 0 Å². The molecular weight excluding hydrogens is 334 g/mol. The van der Waals surface area contributed by atoms with Gasteiger partial charge in [-0.3, -0.25) is 4.79 Å². The highest BCUT2D eigenvalue weighted by Gasteiger charge is 2.43. The van der Waals surface area contributed by atoms with Crippen molar-refractivity contribution >= 4 is 23.6 Å². The van der Waals surface area contributed by atoms with Gasteiger partial charge < -0.3 is 10.4 Å². The van der Waals surface area contributed by atoms with Gasteiger partial charge in [0.05, 0.1) is 5.56 Å². The molecule has 0 unspecified atom stereocenters. The molecule has 3 rings (SSSR count). The molecule has 0 heterocycles. The largest absolute Gasteiger partial charge is 0.478 e. The maximum absolute atomic E-state index is 12.2. The fourth-order valence-electron chi connectivity index (χ4n) is 2.74. The van der Waals surface area contributed by atoms with Crippen LogP contribution in [0, 0.1) is 0 Å². The number of carboxylic acid groups (broad SMARTS) is 1. The van der Waals surface area contributed by atoms with Crippen LogP contribution in [0.5, 0.6) is 0 Å². The van der Waals surface area contributed by atoms with Gasteiger partial charge in [-0.2, -0.15) is 0 Å². The Balaban J connectivity index is 1.48. The first kappa shape index (κ1) is 17.5. The Morgan fingerprint density at radius 3 is 2.40 bits per heavy atom. The van der Waals surface area contributed by atoms with E-state index in [1.54, 1.807) is 24.3 Å². The van der Waals surface area contributed by atoms with Gasteiger partial charge in [0, 0.05) is 22.6 Å². The molecule has 4 nitrogen and oxygen atoms in total. The molecule has 1 aliphatic rings. The highest BCUT2D eigenvalue weighted by molar-refractivity contribution is 8.01. The van der Waals surface area contributed by atoms with Crippen LogP contribution in [-0.4, -0.2) is 28.3 Å². The van der Waals surface area contributed by atoms with E-state index in [1.165, 1.54) is 4.90 Å². The number of carbonyl (C=O) groups excluding carboxylic acids is 1. The maximum Gasteiger partial charge on any atom is 0.335 e. The normalized spacial score (nSPS) is 14.7. The molecule has 0 aromatic heterocycles. The van der Waals surface area contributed by atoms with Crippen LogP contribution in [0.1, 0.15) is 35.2 Å². The molecule has 2 N–H and O–H groups in total. The molecule has 0 saturated heterocycles. The quantitative estimate of drug-likeness (QED) is 0.757. The summed E-state index contributed by atoms with van der Waals surface area (Å²) >= 11 is 1.83. The summed E-state index contributed by atoms with van der Waals surface area (Å²) in [5, 5.41) is 12.2. The number of hydrogen-bond acceptors (Lipinski definition) is 3. The van der Waals surface area contributed by atoms with E-state index < -0.39 is 5.97 Å². The van der Waals surface area contributed by atoms with Gasteiger partial charge in [0.15, 0.2) is 0 Å². The van der Waals surface area contributed by atoms with E-state index in [0.717, 1.165) is 12.8 Å². The first-order valence-corrected chi connectivity index (χ1v) is 9.22. The Morgan fingerprint density at radius 1 is 1.04 bits per heavy atom. The van der Waals surface area contributed by atoms with E-state index in [0.29, 0.717) is 24.9 Å². The summed E-state index contributed by atoms with van der Waals surface area (Å²) in [5.41, 5.74) is 0.971. The van der Waals surface area contributed by atoms with Crippen molar-refractivity contribution in [2.45, 2.75) is 35.3 Å². The minimum absolute atomic E-state index is 0.0277. The third-order valence-corrected chi connectivity index (χ3v) is 5.86. The first-order chi connectivity index (χ1) is 12.1. The van der Waals surface area contributed by atoms with Crippen molar-refractivity contribution < 1.29 is 14.7 Å². The fourth-order valence-corrected chi connectivity index (χ4v) is 3.98. The highest BCUT2D eigenvalue weighted by atomic mass is 32.2. The van der Waals surface area contributed by atoms with Gasteiger partial charge in [-0.1, -0.05) is 36.4 Å². The van der Waals surface area contributed by atoms with Crippen molar-refractivity contribution in [3.05, 3.63) is 65.7 Å². The third-order valence-electron chi connectivity index (χ3n) is 4.36. The molecule has 0 atom stereocenters. The number of carboxylic acids is 1. The molecule has 25 heavy (non-hydrogen) atoms. The lowest BCUT2D eigenvalue weighted by Gasteiger charge is -2.16. The monoisotopic (exact) mass is 355 g/mol. The van der Waals surface area contributed by atoms with Crippen molar-refractivity contribution in [1.82, 2.24) is 5.32 Å². The minimum atomic E-state index is -0.952. The molecule has 5 heteroatoms. The molecule has 2 aromatic rings.